The molecule has 0 bridgehead atoms. The fourth-order valence-electron chi connectivity index (χ4n) is 2.02. The average Bonchev–Trinajstić information content (AvgIpc) is 2.70. The molecule has 0 fully saturated rings. The van der Waals surface area contributed by atoms with Crippen LogP contribution in [0, 0.1) is 6.92 Å². The van der Waals surface area contributed by atoms with E-state index in [4.69, 9.17) is 4.74 Å². The summed E-state index contributed by atoms with van der Waals surface area (Å²) >= 11 is 0. The van der Waals surface area contributed by atoms with Crippen LogP contribution in [0.15, 0.2) is 4.79 Å². The van der Waals surface area contributed by atoms with E-state index in [9.17, 15) is 27.9 Å². The highest BCUT2D eigenvalue weighted by Crippen LogP contribution is 2.26. The summed E-state index contributed by atoms with van der Waals surface area (Å²) < 4.78 is 42.8. The first kappa shape index (κ1) is 15.9. The third-order valence-corrected chi connectivity index (χ3v) is 2.89. The number of H-pyrrole nitrogens is 1. The van der Waals surface area contributed by atoms with Gasteiger partial charge in [-0.1, -0.05) is 0 Å². The van der Waals surface area contributed by atoms with Crippen molar-refractivity contribution in [3.05, 3.63) is 27.2 Å². The zero-order valence-electron chi connectivity index (χ0n) is 11.6. The van der Waals surface area contributed by atoms with Crippen LogP contribution in [0.4, 0.5) is 13.2 Å². The molecule has 2 heterocycles. The molecule has 2 rings (SSSR count). The maximum absolute atomic E-state index is 12.4. The van der Waals surface area contributed by atoms with Gasteiger partial charge in [0.15, 0.2) is 5.65 Å². The van der Waals surface area contributed by atoms with Crippen LogP contribution in [0.3, 0.4) is 0 Å². The number of ether oxygens (including phenoxy) is 1. The number of nitrogens with zero attached hydrogens (tertiary/aromatic N) is 2. The number of hydrogen-bond acceptors (Lipinski definition) is 5. The van der Waals surface area contributed by atoms with Crippen LogP contribution < -0.4 is 5.56 Å². The van der Waals surface area contributed by atoms with Crippen molar-refractivity contribution in [2.75, 3.05) is 6.61 Å². The summed E-state index contributed by atoms with van der Waals surface area (Å²) in [5.74, 6) is -1.76. The van der Waals surface area contributed by atoms with E-state index >= 15 is 0 Å². The fraction of sp³-hybridized carbons (Fsp3) is 0.417. The van der Waals surface area contributed by atoms with Crippen molar-refractivity contribution in [3.8, 4) is 5.88 Å². The largest absolute Gasteiger partial charge is 0.493 e. The second kappa shape index (κ2) is 5.35. The van der Waals surface area contributed by atoms with Gasteiger partial charge in [-0.3, -0.25) is 4.79 Å². The number of rotatable bonds is 3. The highest BCUT2D eigenvalue weighted by molar-refractivity contribution is 5.97. The van der Waals surface area contributed by atoms with Gasteiger partial charge in [0.1, 0.15) is 5.56 Å². The van der Waals surface area contributed by atoms with E-state index in [1.807, 2.05) is 0 Å². The Morgan fingerprint density at radius 3 is 2.64 bits per heavy atom. The lowest BCUT2D eigenvalue weighted by atomic mass is 10.2. The van der Waals surface area contributed by atoms with Crippen molar-refractivity contribution < 1.29 is 27.8 Å². The number of halogens is 3. The summed E-state index contributed by atoms with van der Waals surface area (Å²) in [6.07, 6.45) is -6.29. The molecule has 0 spiro atoms. The fourth-order valence-corrected chi connectivity index (χ4v) is 2.02. The minimum absolute atomic E-state index is 0.0674. The van der Waals surface area contributed by atoms with Gasteiger partial charge in [-0.2, -0.15) is 22.8 Å². The molecule has 0 aliphatic carbocycles. The zero-order chi connectivity index (χ0) is 16.7. The Morgan fingerprint density at radius 1 is 1.45 bits per heavy atom. The number of aromatic hydroxyl groups is 1. The summed E-state index contributed by atoms with van der Waals surface area (Å²) in [6.45, 7) is 3.04. The monoisotopic (exact) mass is 319 g/mol. The summed E-state index contributed by atoms with van der Waals surface area (Å²) in [4.78, 5) is 25.7. The number of fused-ring (bicyclic) bond motifs is 1. The quantitative estimate of drug-likeness (QED) is 0.832. The van der Waals surface area contributed by atoms with Crippen LogP contribution in [0.2, 0.25) is 0 Å². The van der Waals surface area contributed by atoms with Crippen LogP contribution in [0.5, 0.6) is 5.88 Å². The van der Waals surface area contributed by atoms with Gasteiger partial charge < -0.3 is 14.8 Å². The minimum atomic E-state index is -4.68. The van der Waals surface area contributed by atoms with Crippen LogP contribution in [-0.4, -0.2) is 38.5 Å². The van der Waals surface area contributed by atoms with E-state index in [-0.39, 0.29) is 23.5 Å². The number of aromatic nitrogens is 3. The number of aromatic amines is 1. The molecular formula is C12H12F3N3O4. The number of aryl methyl sites for hydroxylation is 1. The molecule has 2 aromatic rings. The SMILES string of the molecule is CCOC(=O)c1c(C)nn2c(O)c(CC(F)(F)F)c(=O)[nH]c12. The van der Waals surface area contributed by atoms with Crippen molar-refractivity contribution in [2.45, 2.75) is 26.4 Å². The first-order valence-electron chi connectivity index (χ1n) is 6.23. The summed E-state index contributed by atoms with van der Waals surface area (Å²) in [5, 5.41) is 13.6. The highest BCUT2D eigenvalue weighted by atomic mass is 19.4. The number of carbonyl (C=O) groups is 1. The van der Waals surface area contributed by atoms with E-state index in [1.54, 1.807) is 6.92 Å². The van der Waals surface area contributed by atoms with Gasteiger partial charge in [0.05, 0.1) is 24.3 Å². The van der Waals surface area contributed by atoms with E-state index < -0.39 is 35.6 Å². The molecule has 2 aromatic heterocycles. The van der Waals surface area contributed by atoms with Gasteiger partial charge >= 0.3 is 12.1 Å². The molecule has 120 valence electrons. The Bertz CT molecular complexity index is 791. The van der Waals surface area contributed by atoms with Gasteiger partial charge in [0.2, 0.25) is 5.88 Å². The average molecular weight is 319 g/mol. The first-order chi connectivity index (χ1) is 10.2. The highest BCUT2D eigenvalue weighted by Gasteiger charge is 2.33. The van der Waals surface area contributed by atoms with E-state index in [0.717, 1.165) is 0 Å². The Hall–Kier alpha value is -2.52. The lowest BCUT2D eigenvalue weighted by molar-refractivity contribution is -0.127. The first-order valence-corrected chi connectivity index (χ1v) is 6.23. The molecule has 0 aliphatic heterocycles. The summed E-state index contributed by atoms with van der Waals surface area (Å²) in [6, 6.07) is 0. The molecule has 0 amide bonds. The molecule has 0 unspecified atom stereocenters. The molecular weight excluding hydrogens is 307 g/mol. The number of esters is 1. The number of alkyl halides is 3. The molecule has 0 saturated carbocycles. The van der Waals surface area contributed by atoms with Crippen molar-refractivity contribution >= 4 is 11.6 Å². The molecule has 0 radical (unpaired) electrons. The van der Waals surface area contributed by atoms with E-state index in [2.05, 4.69) is 10.1 Å². The number of carbonyl (C=O) groups excluding carboxylic acids is 1. The molecule has 7 nitrogen and oxygen atoms in total. The Morgan fingerprint density at radius 2 is 2.09 bits per heavy atom. The van der Waals surface area contributed by atoms with E-state index in [1.165, 1.54) is 6.92 Å². The maximum Gasteiger partial charge on any atom is 0.393 e. The van der Waals surface area contributed by atoms with Crippen LogP contribution in [0.25, 0.3) is 5.65 Å². The molecule has 0 aromatic carbocycles. The van der Waals surface area contributed by atoms with Crippen LogP contribution in [-0.2, 0) is 11.2 Å². The van der Waals surface area contributed by atoms with Gasteiger partial charge in [0.25, 0.3) is 5.56 Å². The molecule has 22 heavy (non-hydrogen) atoms. The predicted octanol–water partition coefficient (Wildman–Crippen LogP) is 1.32. The van der Waals surface area contributed by atoms with Crippen molar-refractivity contribution in [3.63, 3.8) is 0 Å². The topological polar surface area (TPSA) is 96.7 Å². The standard InChI is InChI=1S/C12H12F3N3O4/c1-3-22-11(21)7-5(2)17-18-8(7)16-9(19)6(10(18)20)4-12(13,14)15/h20H,3-4H2,1-2H3,(H,16,19). The molecule has 10 heteroatoms. The minimum Gasteiger partial charge on any atom is -0.493 e. The maximum atomic E-state index is 12.4. The van der Waals surface area contributed by atoms with Gasteiger partial charge in [-0.15, -0.1) is 0 Å². The van der Waals surface area contributed by atoms with E-state index in [0.29, 0.717) is 4.52 Å². The Labute approximate surface area is 121 Å². The van der Waals surface area contributed by atoms with Crippen molar-refractivity contribution in [1.82, 2.24) is 14.6 Å². The molecule has 0 atom stereocenters. The third kappa shape index (κ3) is 2.76. The second-order valence-corrected chi connectivity index (χ2v) is 4.49. The normalized spacial score (nSPS) is 11.9. The van der Waals surface area contributed by atoms with Crippen LogP contribution >= 0.6 is 0 Å². The molecule has 0 saturated heterocycles. The molecule has 0 aliphatic rings. The second-order valence-electron chi connectivity index (χ2n) is 4.49. The Kier molecular flexibility index (Phi) is 3.86. The predicted molar refractivity (Wildman–Crippen MR) is 67.9 cm³/mol. The van der Waals surface area contributed by atoms with Crippen molar-refractivity contribution in [2.24, 2.45) is 0 Å². The smallest absolute Gasteiger partial charge is 0.393 e. The van der Waals surface area contributed by atoms with Crippen LogP contribution in [0.1, 0.15) is 28.5 Å². The number of hydrogen-bond donors (Lipinski definition) is 2. The van der Waals surface area contributed by atoms with Crippen molar-refractivity contribution in [1.29, 1.82) is 0 Å². The summed E-state index contributed by atoms with van der Waals surface area (Å²) in [7, 11) is 0. The van der Waals surface area contributed by atoms with Gasteiger partial charge in [-0.25, -0.2) is 4.79 Å². The summed E-state index contributed by atoms with van der Waals surface area (Å²) in [5.41, 5.74) is -2.25. The lowest BCUT2D eigenvalue weighted by Gasteiger charge is -2.08. The third-order valence-electron chi connectivity index (χ3n) is 2.89. The van der Waals surface area contributed by atoms with Gasteiger partial charge in [-0.05, 0) is 13.8 Å². The molecule has 2 N–H and O–H groups in total. The number of nitrogens with one attached hydrogen (secondary N) is 1. The lowest BCUT2D eigenvalue weighted by Crippen LogP contribution is -2.23. The zero-order valence-corrected chi connectivity index (χ0v) is 11.6. The van der Waals surface area contributed by atoms with Gasteiger partial charge in [0, 0.05) is 0 Å². The Balaban J connectivity index is 2.69.